The highest BCUT2D eigenvalue weighted by molar-refractivity contribution is 8.13. The van der Waals surface area contributed by atoms with Crippen LogP contribution in [0.2, 0.25) is 0 Å². The van der Waals surface area contributed by atoms with Crippen LogP contribution in [0.4, 0.5) is 4.39 Å². The second-order valence-electron chi connectivity index (χ2n) is 4.60. The highest BCUT2D eigenvalue weighted by Gasteiger charge is 2.17. The minimum absolute atomic E-state index is 0.189. The lowest BCUT2D eigenvalue weighted by molar-refractivity contribution is -0.0171. The van der Waals surface area contributed by atoms with E-state index in [1.54, 1.807) is 12.3 Å². The Hall–Kier alpha value is -1.53. The lowest BCUT2D eigenvalue weighted by atomic mass is 10.1. The molecule has 1 N–H and O–H groups in total. The number of ether oxygens (including phenoxy) is 2. The van der Waals surface area contributed by atoms with Crippen LogP contribution in [0.1, 0.15) is 11.1 Å². The maximum absolute atomic E-state index is 13.5. The van der Waals surface area contributed by atoms with Gasteiger partial charge in [0.2, 0.25) is 0 Å². The number of thioether (sulfide) groups is 1. The van der Waals surface area contributed by atoms with Gasteiger partial charge < -0.3 is 14.4 Å². The zero-order valence-electron chi connectivity index (χ0n) is 11.5. The molecule has 1 aliphatic rings. The third-order valence-electron chi connectivity index (χ3n) is 2.66. The third kappa shape index (κ3) is 3.98. The molecule has 1 heterocycles. The number of benzene rings is 1. The summed E-state index contributed by atoms with van der Waals surface area (Å²) in [5.41, 5.74) is 1.48. The van der Waals surface area contributed by atoms with E-state index in [1.807, 2.05) is 19.0 Å². The maximum Gasteiger partial charge on any atom is 0.189 e. The molecule has 0 aliphatic carbocycles. The van der Waals surface area contributed by atoms with Gasteiger partial charge in [-0.25, -0.2) is 4.39 Å². The van der Waals surface area contributed by atoms with Crippen molar-refractivity contribution in [3.8, 4) is 5.75 Å². The molecule has 1 aromatic rings. The van der Waals surface area contributed by atoms with Crippen LogP contribution < -0.4 is 4.74 Å². The molecule has 0 fully saturated rings. The molecule has 0 spiro atoms. The summed E-state index contributed by atoms with van der Waals surface area (Å²) < 4.78 is 24.1. The predicted molar refractivity (Wildman–Crippen MR) is 78.5 cm³/mol. The van der Waals surface area contributed by atoms with Crippen LogP contribution in [0.5, 0.6) is 5.75 Å². The van der Waals surface area contributed by atoms with Crippen molar-refractivity contribution in [1.82, 2.24) is 4.90 Å². The van der Waals surface area contributed by atoms with Crippen molar-refractivity contribution >= 4 is 16.8 Å². The van der Waals surface area contributed by atoms with Crippen LogP contribution in [-0.2, 0) is 17.1 Å². The Kier molecular flexibility index (Phi) is 5.03. The van der Waals surface area contributed by atoms with Gasteiger partial charge >= 0.3 is 0 Å². The molecule has 0 amide bonds. The largest absolute Gasteiger partial charge is 0.467 e. The zero-order chi connectivity index (χ0) is 14.5. The second-order valence-corrected chi connectivity index (χ2v) is 5.61. The van der Waals surface area contributed by atoms with E-state index in [0.717, 1.165) is 11.1 Å². The summed E-state index contributed by atoms with van der Waals surface area (Å²) >= 11 is 1.34. The summed E-state index contributed by atoms with van der Waals surface area (Å²) in [4.78, 5) is 1.86. The normalized spacial score (nSPS) is 13.9. The van der Waals surface area contributed by atoms with Crippen LogP contribution in [0, 0.1) is 11.2 Å². The highest BCUT2D eigenvalue weighted by Crippen LogP contribution is 2.32. The van der Waals surface area contributed by atoms with E-state index >= 15 is 0 Å². The van der Waals surface area contributed by atoms with Crippen LogP contribution in [0.15, 0.2) is 24.4 Å². The fourth-order valence-corrected chi connectivity index (χ4v) is 2.47. The van der Waals surface area contributed by atoms with Crippen molar-refractivity contribution in [3.63, 3.8) is 0 Å². The Labute approximate surface area is 122 Å². The van der Waals surface area contributed by atoms with Gasteiger partial charge in [0.05, 0.1) is 11.7 Å². The Balaban J connectivity index is 2.06. The number of nitrogens with one attached hydrogen (secondary N) is 1. The van der Waals surface area contributed by atoms with Crippen molar-refractivity contribution < 1.29 is 13.9 Å². The fourth-order valence-electron chi connectivity index (χ4n) is 1.78. The van der Waals surface area contributed by atoms with Gasteiger partial charge in [-0.15, -0.1) is 11.8 Å². The summed E-state index contributed by atoms with van der Waals surface area (Å²) in [6, 6.07) is 2.89. The van der Waals surface area contributed by atoms with Crippen molar-refractivity contribution in [2.24, 2.45) is 0 Å². The first-order valence-electron chi connectivity index (χ1n) is 6.14. The van der Waals surface area contributed by atoms with Gasteiger partial charge in [-0.2, -0.15) is 0 Å². The summed E-state index contributed by atoms with van der Waals surface area (Å²) in [6.45, 7) is 0.553. The van der Waals surface area contributed by atoms with Gasteiger partial charge in [-0.05, 0) is 18.2 Å². The highest BCUT2D eigenvalue weighted by atomic mass is 32.2. The van der Waals surface area contributed by atoms with Crippen molar-refractivity contribution in [1.29, 1.82) is 5.41 Å². The molecule has 0 bridgehead atoms. The molecule has 0 saturated carbocycles. The lowest BCUT2D eigenvalue weighted by Gasteiger charge is -2.20. The number of nitrogens with zero attached hydrogens (tertiary/aromatic N) is 1. The van der Waals surface area contributed by atoms with Crippen molar-refractivity contribution in [2.45, 2.75) is 12.4 Å². The summed E-state index contributed by atoms with van der Waals surface area (Å²) in [5.74, 6) is 0.884. The molecule has 4 nitrogen and oxygen atoms in total. The SMILES string of the molecule is CN(C)C=CC(=N)SCc1cc(F)cc2c1OCOC2. The second kappa shape index (κ2) is 6.76. The van der Waals surface area contributed by atoms with Gasteiger partial charge in [0.15, 0.2) is 6.79 Å². The summed E-state index contributed by atoms with van der Waals surface area (Å²) in [7, 11) is 3.79. The number of rotatable bonds is 4. The number of hydrogen-bond donors (Lipinski definition) is 1. The summed E-state index contributed by atoms with van der Waals surface area (Å²) in [6.07, 6.45) is 3.51. The minimum Gasteiger partial charge on any atom is -0.467 e. The molecule has 0 unspecified atom stereocenters. The van der Waals surface area contributed by atoms with E-state index in [0.29, 0.717) is 23.2 Å². The average Bonchev–Trinajstić information content (AvgIpc) is 2.42. The van der Waals surface area contributed by atoms with E-state index in [4.69, 9.17) is 14.9 Å². The first-order chi connectivity index (χ1) is 9.56. The molecule has 0 aromatic heterocycles. The van der Waals surface area contributed by atoms with E-state index < -0.39 is 0 Å². The molecule has 108 valence electrons. The van der Waals surface area contributed by atoms with Crippen LogP contribution in [0.3, 0.4) is 0 Å². The molecule has 20 heavy (non-hydrogen) atoms. The Morgan fingerprint density at radius 2 is 2.30 bits per heavy atom. The van der Waals surface area contributed by atoms with Crippen LogP contribution >= 0.6 is 11.8 Å². The minimum atomic E-state index is -0.302. The Bertz CT molecular complexity index is 532. The summed E-state index contributed by atoms with van der Waals surface area (Å²) in [5, 5.41) is 8.24. The van der Waals surface area contributed by atoms with E-state index in [2.05, 4.69) is 0 Å². The maximum atomic E-state index is 13.5. The molecule has 1 aliphatic heterocycles. The Morgan fingerprint density at radius 1 is 1.50 bits per heavy atom. The van der Waals surface area contributed by atoms with Crippen LogP contribution in [0.25, 0.3) is 0 Å². The van der Waals surface area contributed by atoms with Gasteiger partial charge in [0.1, 0.15) is 11.6 Å². The zero-order valence-corrected chi connectivity index (χ0v) is 12.3. The monoisotopic (exact) mass is 296 g/mol. The average molecular weight is 296 g/mol. The quantitative estimate of drug-likeness (QED) is 0.685. The third-order valence-corrected chi connectivity index (χ3v) is 3.56. The van der Waals surface area contributed by atoms with Crippen molar-refractivity contribution in [3.05, 3.63) is 41.4 Å². The number of fused-ring (bicyclic) bond motifs is 1. The Morgan fingerprint density at radius 3 is 3.05 bits per heavy atom. The molecule has 0 saturated heterocycles. The van der Waals surface area contributed by atoms with E-state index in [-0.39, 0.29) is 12.6 Å². The number of halogens is 1. The molecule has 1 aromatic carbocycles. The molecule has 0 radical (unpaired) electrons. The van der Waals surface area contributed by atoms with Crippen molar-refractivity contribution in [2.75, 3.05) is 20.9 Å². The number of hydrogen-bond acceptors (Lipinski definition) is 5. The van der Waals surface area contributed by atoms with Gasteiger partial charge in [0.25, 0.3) is 0 Å². The standard InChI is InChI=1S/C14H17FN2O2S/c1-17(2)4-3-13(16)20-8-11-6-12(15)5-10-7-18-9-19-14(10)11/h3-6,16H,7-9H2,1-2H3. The van der Waals surface area contributed by atoms with Gasteiger partial charge in [-0.3, -0.25) is 5.41 Å². The lowest BCUT2D eigenvalue weighted by Crippen LogP contribution is -2.13. The molecule has 6 heteroatoms. The topological polar surface area (TPSA) is 45.6 Å². The molecular weight excluding hydrogens is 279 g/mol. The predicted octanol–water partition coefficient (Wildman–Crippen LogP) is 2.98. The molecular formula is C14H17FN2O2S. The first-order valence-corrected chi connectivity index (χ1v) is 7.12. The van der Waals surface area contributed by atoms with Crippen LogP contribution in [-0.4, -0.2) is 30.8 Å². The molecule has 2 rings (SSSR count). The smallest absolute Gasteiger partial charge is 0.189 e. The van der Waals surface area contributed by atoms with E-state index in [9.17, 15) is 4.39 Å². The fraction of sp³-hybridized carbons (Fsp3) is 0.357. The first kappa shape index (κ1) is 14.9. The van der Waals surface area contributed by atoms with Gasteiger partial charge in [-0.1, -0.05) is 0 Å². The van der Waals surface area contributed by atoms with E-state index in [1.165, 1.54) is 23.9 Å². The van der Waals surface area contributed by atoms with Gasteiger partial charge in [0, 0.05) is 37.2 Å². The molecule has 0 atom stereocenters.